The van der Waals surface area contributed by atoms with E-state index >= 15 is 0 Å². The number of nitrogens with zero attached hydrogens (tertiary/aromatic N) is 1. The van der Waals surface area contributed by atoms with Crippen molar-refractivity contribution in [1.82, 2.24) is 4.90 Å². The second kappa shape index (κ2) is 3.96. The van der Waals surface area contributed by atoms with E-state index < -0.39 is 5.97 Å². The first kappa shape index (κ1) is 12.5. The van der Waals surface area contributed by atoms with Crippen LogP contribution < -0.4 is 0 Å². The molecule has 18 heavy (non-hydrogen) atoms. The van der Waals surface area contributed by atoms with Crippen molar-refractivity contribution < 1.29 is 9.90 Å². The van der Waals surface area contributed by atoms with Crippen LogP contribution in [0.2, 0.25) is 0 Å². The van der Waals surface area contributed by atoms with E-state index in [4.69, 9.17) is 0 Å². The third-order valence-electron chi connectivity index (χ3n) is 6.27. The van der Waals surface area contributed by atoms with Gasteiger partial charge in [0.15, 0.2) is 0 Å². The Hall–Kier alpha value is -0.570. The average molecular weight is 251 g/mol. The minimum absolute atomic E-state index is 0.234. The number of aliphatic carboxylic acids is 1. The molecule has 3 heteroatoms. The van der Waals surface area contributed by atoms with Crippen LogP contribution in [0.1, 0.15) is 39.5 Å². The molecule has 3 fully saturated rings. The number of carbonyl (C=O) groups is 1. The summed E-state index contributed by atoms with van der Waals surface area (Å²) >= 11 is 0. The first-order valence-corrected chi connectivity index (χ1v) is 7.37. The summed E-state index contributed by atoms with van der Waals surface area (Å²) in [6.45, 7) is 5.75. The molecule has 0 radical (unpaired) electrons. The average Bonchev–Trinajstić information content (AvgIpc) is 2.75. The fraction of sp³-hybridized carbons (Fsp3) is 0.933. The first-order valence-electron chi connectivity index (χ1n) is 7.37. The van der Waals surface area contributed by atoms with E-state index in [0.717, 1.165) is 12.5 Å². The van der Waals surface area contributed by atoms with Crippen LogP contribution >= 0.6 is 0 Å². The predicted molar refractivity (Wildman–Crippen MR) is 70.3 cm³/mol. The summed E-state index contributed by atoms with van der Waals surface area (Å²) in [7, 11) is 1.99. The maximum absolute atomic E-state index is 11.6. The van der Waals surface area contributed by atoms with Gasteiger partial charge in [-0.05, 0) is 49.0 Å². The number of rotatable bonds is 1. The zero-order valence-electron chi connectivity index (χ0n) is 11.7. The van der Waals surface area contributed by atoms with E-state index in [0.29, 0.717) is 23.2 Å². The van der Waals surface area contributed by atoms with E-state index in [1.54, 1.807) is 0 Å². The van der Waals surface area contributed by atoms with Crippen molar-refractivity contribution in [2.75, 3.05) is 13.6 Å². The smallest absolute Gasteiger partial charge is 0.321 e. The van der Waals surface area contributed by atoms with Crippen LogP contribution in [-0.4, -0.2) is 35.6 Å². The van der Waals surface area contributed by atoms with Crippen molar-refractivity contribution in [1.29, 1.82) is 0 Å². The van der Waals surface area contributed by atoms with Crippen LogP contribution in [0.15, 0.2) is 0 Å². The second-order valence-electron chi connectivity index (χ2n) is 7.28. The van der Waals surface area contributed by atoms with Gasteiger partial charge in [-0.25, -0.2) is 0 Å². The zero-order valence-corrected chi connectivity index (χ0v) is 11.7. The van der Waals surface area contributed by atoms with Gasteiger partial charge in [-0.15, -0.1) is 0 Å². The molecule has 0 bridgehead atoms. The molecule has 0 spiro atoms. The Bertz CT molecular complexity index is 366. The van der Waals surface area contributed by atoms with Crippen molar-refractivity contribution >= 4 is 5.97 Å². The Morgan fingerprint density at radius 3 is 2.56 bits per heavy atom. The van der Waals surface area contributed by atoms with Crippen molar-refractivity contribution in [2.45, 2.75) is 45.6 Å². The second-order valence-corrected chi connectivity index (χ2v) is 7.28. The van der Waals surface area contributed by atoms with Crippen LogP contribution in [0.3, 0.4) is 0 Å². The lowest BCUT2D eigenvalue weighted by atomic mass is 9.69. The summed E-state index contributed by atoms with van der Waals surface area (Å²) in [5, 5.41) is 9.55. The van der Waals surface area contributed by atoms with Crippen LogP contribution in [0.5, 0.6) is 0 Å². The highest BCUT2D eigenvalue weighted by atomic mass is 16.4. The molecule has 3 unspecified atom stereocenters. The van der Waals surface area contributed by atoms with Gasteiger partial charge < -0.3 is 5.11 Å². The van der Waals surface area contributed by atoms with Crippen molar-refractivity contribution in [3.8, 4) is 0 Å². The summed E-state index contributed by atoms with van der Waals surface area (Å²) in [5.41, 5.74) is 0.328. The third kappa shape index (κ3) is 1.49. The van der Waals surface area contributed by atoms with Gasteiger partial charge in [0.25, 0.3) is 0 Å². The molecule has 3 aliphatic rings. The predicted octanol–water partition coefficient (Wildman–Crippen LogP) is 2.46. The van der Waals surface area contributed by atoms with Gasteiger partial charge in [0, 0.05) is 6.54 Å². The summed E-state index contributed by atoms with van der Waals surface area (Å²) in [6.07, 6.45) is 5.22. The SMILES string of the molecule is CN1CC2C([C@H]3CCCCC3C2(C)C)[C@H]1C(=O)O. The van der Waals surface area contributed by atoms with E-state index in [9.17, 15) is 9.90 Å². The van der Waals surface area contributed by atoms with E-state index in [1.165, 1.54) is 25.7 Å². The highest BCUT2D eigenvalue weighted by molar-refractivity contribution is 5.74. The lowest BCUT2D eigenvalue weighted by Crippen LogP contribution is -2.41. The van der Waals surface area contributed by atoms with Gasteiger partial charge in [-0.1, -0.05) is 26.7 Å². The van der Waals surface area contributed by atoms with Crippen molar-refractivity contribution in [3.05, 3.63) is 0 Å². The Morgan fingerprint density at radius 2 is 1.89 bits per heavy atom. The topological polar surface area (TPSA) is 40.5 Å². The first-order chi connectivity index (χ1) is 8.44. The molecule has 102 valence electrons. The Morgan fingerprint density at radius 1 is 1.22 bits per heavy atom. The number of likely N-dealkylation sites (tertiary alicyclic amines) is 1. The van der Waals surface area contributed by atoms with Gasteiger partial charge in [0.2, 0.25) is 0 Å². The minimum atomic E-state index is -0.605. The number of carboxylic acid groups (broad SMARTS) is 1. The van der Waals surface area contributed by atoms with Crippen LogP contribution in [-0.2, 0) is 4.79 Å². The largest absolute Gasteiger partial charge is 0.480 e. The minimum Gasteiger partial charge on any atom is -0.480 e. The van der Waals surface area contributed by atoms with Crippen LogP contribution in [0.4, 0.5) is 0 Å². The van der Waals surface area contributed by atoms with Gasteiger partial charge in [-0.2, -0.15) is 0 Å². The number of hydrogen-bond acceptors (Lipinski definition) is 2. The maximum Gasteiger partial charge on any atom is 0.321 e. The van der Waals surface area contributed by atoms with E-state index in [-0.39, 0.29) is 6.04 Å². The molecule has 1 heterocycles. The van der Waals surface area contributed by atoms with Gasteiger partial charge in [0.05, 0.1) is 0 Å². The zero-order chi connectivity index (χ0) is 13.1. The Kier molecular flexibility index (Phi) is 2.74. The number of hydrogen-bond donors (Lipinski definition) is 1. The van der Waals surface area contributed by atoms with Gasteiger partial charge in [0.1, 0.15) is 6.04 Å². The highest BCUT2D eigenvalue weighted by Crippen LogP contribution is 2.62. The molecule has 3 nitrogen and oxygen atoms in total. The Balaban J connectivity index is 1.97. The molecule has 0 aromatic carbocycles. The molecule has 2 aliphatic carbocycles. The molecule has 1 N–H and O–H groups in total. The standard InChI is InChI=1S/C15H25NO2/c1-15(2)10-7-5-4-6-9(10)12-11(15)8-16(3)13(12)14(17)18/h9-13H,4-8H2,1-3H3,(H,17,18)/t9-,10?,11?,12?,13-/m0/s1. The van der Waals surface area contributed by atoms with E-state index in [1.807, 2.05) is 7.05 Å². The molecule has 5 atom stereocenters. The van der Waals surface area contributed by atoms with Crippen LogP contribution in [0, 0.1) is 29.1 Å². The summed E-state index contributed by atoms with van der Waals surface area (Å²) in [5.74, 6) is 1.79. The molecular formula is C15H25NO2. The van der Waals surface area contributed by atoms with Crippen molar-refractivity contribution in [2.24, 2.45) is 29.1 Å². The lowest BCUT2D eigenvalue weighted by Gasteiger charge is -2.38. The lowest BCUT2D eigenvalue weighted by molar-refractivity contribution is -0.143. The molecule has 1 saturated heterocycles. The molecular weight excluding hydrogens is 226 g/mol. The summed E-state index contributed by atoms with van der Waals surface area (Å²) in [6, 6.07) is -0.234. The fourth-order valence-corrected chi connectivity index (χ4v) is 5.50. The van der Waals surface area contributed by atoms with E-state index in [2.05, 4.69) is 18.7 Å². The molecule has 1 aliphatic heterocycles. The normalized spacial score (nSPS) is 46.7. The van der Waals surface area contributed by atoms with Crippen molar-refractivity contribution in [3.63, 3.8) is 0 Å². The number of likely N-dealkylation sites (N-methyl/N-ethyl adjacent to an activating group) is 1. The fourth-order valence-electron chi connectivity index (χ4n) is 5.50. The van der Waals surface area contributed by atoms with Gasteiger partial charge in [-0.3, -0.25) is 9.69 Å². The maximum atomic E-state index is 11.6. The number of fused-ring (bicyclic) bond motifs is 3. The molecule has 0 aromatic heterocycles. The Labute approximate surface area is 110 Å². The monoisotopic (exact) mass is 251 g/mol. The quantitative estimate of drug-likeness (QED) is 0.778. The molecule has 3 rings (SSSR count). The molecule has 2 saturated carbocycles. The van der Waals surface area contributed by atoms with Crippen LogP contribution in [0.25, 0.3) is 0 Å². The summed E-state index contributed by atoms with van der Waals surface area (Å²) < 4.78 is 0. The number of carboxylic acids is 1. The molecule has 0 aromatic rings. The third-order valence-corrected chi connectivity index (χ3v) is 6.27. The highest BCUT2D eigenvalue weighted by Gasteiger charge is 2.62. The van der Waals surface area contributed by atoms with Gasteiger partial charge >= 0.3 is 5.97 Å². The molecule has 0 amide bonds. The summed E-state index contributed by atoms with van der Waals surface area (Å²) in [4.78, 5) is 13.7.